The van der Waals surface area contributed by atoms with Crippen molar-refractivity contribution in [2.24, 2.45) is 11.7 Å². The molecule has 0 aromatic heterocycles. The molecule has 20 heavy (non-hydrogen) atoms. The minimum absolute atomic E-state index is 0.0811. The highest BCUT2D eigenvalue weighted by molar-refractivity contribution is 6.30. The Bertz CT molecular complexity index is 402. The molecule has 114 valence electrons. The van der Waals surface area contributed by atoms with E-state index in [0.29, 0.717) is 12.5 Å². The number of benzene rings is 1. The zero-order valence-corrected chi connectivity index (χ0v) is 14.1. The highest BCUT2D eigenvalue weighted by Gasteiger charge is 2.32. The Kier molecular flexibility index (Phi) is 7.01. The summed E-state index contributed by atoms with van der Waals surface area (Å²) < 4.78 is 0. The Morgan fingerprint density at radius 3 is 2.55 bits per heavy atom. The molecule has 0 saturated carbocycles. The van der Waals surface area contributed by atoms with Gasteiger partial charge in [0.25, 0.3) is 0 Å². The molecule has 1 aromatic rings. The van der Waals surface area contributed by atoms with Crippen LogP contribution in [0.3, 0.4) is 0 Å². The first-order valence-electron chi connectivity index (χ1n) is 7.63. The summed E-state index contributed by atoms with van der Waals surface area (Å²) in [7, 11) is 2.18. The normalized spacial score (nSPS) is 16.1. The predicted molar refractivity (Wildman–Crippen MR) is 89.1 cm³/mol. The fourth-order valence-corrected chi connectivity index (χ4v) is 3.04. The van der Waals surface area contributed by atoms with Crippen molar-refractivity contribution in [2.75, 3.05) is 13.6 Å². The molecule has 0 saturated heterocycles. The summed E-state index contributed by atoms with van der Waals surface area (Å²) in [5.41, 5.74) is 7.46. The average Bonchev–Trinajstić information content (AvgIpc) is 2.44. The van der Waals surface area contributed by atoms with E-state index in [9.17, 15) is 0 Å². The van der Waals surface area contributed by atoms with E-state index in [-0.39, 0.29) is 5.54 Å². The van der Waals surface area contributed by atoms with E-state index in [2.05, 4.69) is 38.8 Å². The first-order chi connectivity index (χ1) is 9.47. The number of nitrogens with zero attached hydrogens (tertiary/aromatic N) is 1. The molecule has 2 nitrogen and oxygen atoms in total. The Morgan fingerprint density at radius 2 is 2.05 bits per heavy atom. The van der Waals surface area contributed by atoms with E-state index >= 15 is 0 Å². The molecule has 1 rings (SSSR count). The van der Waals surface area contributed by atoms with Crippen molar-refractivity contribution in [2.45, 2.75) is 52.1 Å². The molecule has 0 radical (unpaired) electrons. The molecule has 0 aliphatic heterocycles. The van der Waals surface area contributed by atoms with E-state index in [4.69, 9.17) is 17.3 Å². The smallest absolute Gasteiger partial charge is 0.0409 e. The molecule has 0 aliphatic carbocycles. The summed E-state index contributed by atoms with van der Waals surface area (Å²) in [6, 6.07) is 8.09. The zero-order valence-electron chi connectivity index (χ0n) is 13.3. The van der Waals surface area contributed by atoms with Crippen molar-refractivity contribution in [3.8, 4) is 0 Å². The molecule has 0 fully saturated rings. The van der Waals surface area contributed by atoms with Crippen molar-refractivity contribution >= 4 is 11.6 Å². The van der Waals surface area contributed by atoms with Gasteiger partial charge in [-0.15, -0.1) is 0 Å². The number of hydrogen-bond donors (Lipinski definition) is 1. The van der Waals surface area contributed by atoms with Crippen molar-refractivity contribution < 1.29 is 0 Å². The van der Waals surface area contributed by atoms with Gasteiger partial charge in [-0.1, -0.05) is 50.9 Å². The Morgan fingerprint density at radius 1 is 1.35 bits per heavy atom. The fourth-order valence-electron chi connectivity index (χ4n) is 2.82. The first-order valence-corrected chi connectivity index (χ1v) is 8.01. The van der Waals surface area contributed by atoms with Gasteiger partial charge in [0.05, 0.1) is 0 Å². The van der Waals surface area contributed by atoms with Crippen LogP contribution in [-0.4, -0.2) is 24.0 Å². The van der Waals surface area contributed by atoms with Crippen LogP contribution in [0.2, 0.25) is 5.02 Å². The maximum absolute atomic E-state index is 6.14. The maximum atomic E-state index is 6.14. The molecular weight excluding hydrogens is 268 g/mol. The van der Waals surface area contributed by atoms with Gasteiger partial charge in [0, 0.05) is 23.7 Å². The topological polar surface area (TPSA) is 29.3 Å². The van der Waals surface area contributed by atoms with Crippen LogP contribution >= 0.6 is 11.6 Å². The largest absolute Gasteiger partial charge is 0.329 e. The quantitative estimate of drug-likeness (QED) is 0.774. The summed E-state index contributed by atoms with van der Waals surface area (Å²) in [4.78, 5) is 2.41. The lowest BCUT2D eigenvalue weighted by Gasteiger charge is -2.42. The third-order valence-corrected chi connectivity index (χ3v) is 4.82. The minimum atomic E-state index is 0.0811. The predicted octanol–water partition coefficient (Wildman–Crippen LogP) is 4.32. The standard InChI is InChI=1S/C17H29ClN2/c1-5-14(3)11-17(6-2,13-19)20(4)12-15-8-7-9-16(18)10-15/h7-10,14H,5-6,11-13,19H2,1-4H3. The summed E-state index contributed by atoms with van der Waals surface area (Å²) in [6.45, 7) is 8.39. The number of rotatable bonds is 8. The van der Waals surface area contributed by atoms with Crippen LogP contribution in [0.4, 0.5) is 0 Å². The lowest BCUT2D eigenvalue weighted by atomic mass is 9.83. The lowest BCUT2D eigenvalue weighted by molar-refractivity contribution is 0.0855. The Balaban J connectivity index is 2.85. The number of nitrogens with two attached hydrogens (primary N) is 1. The van der Waals surface area contributed by atoms with Gasteiger partial charge in [0.15, 0.2) is 0 Å². The van der Waals surface area contributed by atoms with E-state index in [0.717, 1.165) is 24.4 Å². The van der Waals surface area contributed by atoms with Gasteiger partial charge >= 0.3 is 0 Å². The molecule has 0 aliphatic rings. The molecule has 2 N–H and O–H groups in total. The highest BCUT2D eigenvalue weighted by atomic mass is 35.5. The van der Waals surface area contributed by atoms with Gasteiger partial charge in [-0.05, 0) is 43.5 Å². The van der Waals surface area contributed by atoms with Gasteiger partial charge in [0.2, 0.25) is 0 Å². The minimum Gasteiger partial charge on any atom is -0.329 e. The first kappa shape index (κ1) is 17.5. The van der Waals surface area contributed by atoms with Crippen LogP contribution < -0.4 is 5.73 Å². The molecular formula is C17H29ClN2. The van der Waals surface area contributed by atoms with Crippen LogP contribution in [-0.2, 0) is 6.54 Å². The van der Waals surface area contributed by atoms with E-state index < -0.39 is 0 Å². The summed E-state index contributed by atoms with van der Waals surface area (Å²) in [6.07, 6.45) is 3.42. The lowest BCUT2D eigenvalue weighted by Crippen LogP contribution is -2.52. The van der Waals surface area contributed by atoms with Crippen molar-refractivity contribution in [3.05, 3.63) is 34.9 Å². The van der Waals surface area contributed by atoms with Gasteiger partial charge < -0.3 is 5.73 Å². The van der Waals surface area contributed by atoms with Crippen LogP contribution in [0, 0.1) is 5.92 Å². The zero-order chi connectivity index (χ0) is 15.2. The van der Waals surface area contributed by atoms with Gasteiger partial charge in [-0.2, -0.15) is 0 Å². The van der Waals surface area contributed by atoms with Crippen molar-refractivity contribution in [3.63, 3.8) is 0 Å². The molecule has 0 amide bonds. The number of hydrogen-bond acceptors (Lipinski definition) is 2. The molecule has 1 aromatic carbocycles. The summed E-state index contributed by atoms with van der Waals surface area (Å²) >= 11 is 6.07. The van der Waals surface area contributed by atoms with E-state index in [1.165, 1.54) is 12.0 Å². The molecule has 2 unspecified atom stereocenters. The molecule has 0 bridgehead atoms. The van der Waals surface area contributed by atoms with Gasteiger partial charge in [-0.3, -0.25) is 4.90 Å². The monoisotopic (exact) mass is 296 g/mol. The van der Waals surface area contributed by atoms with E-state index in [1.807, 2.05) is 18.2 Å². The van der Waals surface area contributed by atoms with Crippen molar-refractivity contribution in [1.82, 2.24) is 4.90 Å². The fraction of sp³-hybridized carbons (Fsp3) is 0.647. The molecule has 2 atom stereocenters. The van der Waals surface area contributed by atoms with Crippen LogP contribution in [0.5, 0.6) is 0 Å². The van der Waals surface area contributed by atoms with Gasteiger partial charge in [0.1, 0.15) is 0 Å². The third kappa shape index (κ3) is 4.47. The van der Waals surface area contributed by atoms with Crippen molar-refractivity contribution in [1.29, 1.82) is 0 Å². The average molecular weight is 297 g/mol. The number of halogens is 1. The second kappa shape index (κ2) is 8.02. The summed E-state index contributed by atoms with van der Waals surface area (Å²) in [5.74, 6) is 0.695. The summed E-state index contributed by atoms with van der Waals surface area (Å²) in [5, 5.41) is 0.799. The third-order valence-electron chi connectivity index (χ3n) is 4.58. The van der Waals surface area contributed by atoms with Crippen LogP contribution in [0.15, 0.2) is 24.3 Å². The second-order valence-corrected chi connectivity index (χ2v) is 6.42. The second-order valence-electron chi connectivity index (χ2n) is 5.99. The Labute approximate surface area is 129 Å². The van der Waals surface area contributed by atoms with Crippen LogP contribution in [0.25, 0.3) is 0 Å². The maximum Gasteiger partial charge on any atom is 0.0409 e. The number of likely N-dealkylation sites (N-methyl/N-ethyl adjacent to an activating group) is 1. The molecule has 0 spiro atoms. The van der Waals surface area contributed by atoms with Gasteiger partial charge in [-0.25, -0.2) is 0 Å². The highest BCUT2D eigenvalue weighted by Crippen LogP contribution is 2.29. The van der Waals surface area contributed by atoms with E-state index in [1.54, 1.807) is 0 Å². The SMILES string of the molecule is CCC(C)CC(CC)(CN)N(C)Cc1cccc(Cl)c1. The molecule has 0 heterocycles. The Hall–Kier alpha value is -0.570. The van der Waals surface area contributed by atoms with Crippen LogP contribution in [0.1, 0.15) is 45.6 Å². The molecule has 3 heteroatoms.